The molecule has 0 fully saturated rings. The number of methoxy groups -OCH3 is 2. The van der Waals surface area contributed by atoms with Gasteiger partial charge in [0.1, 0.15) is 12.4 Å². The summed E-state index contributed by atoms with van der Waals surface area (Å²) in [4.78, 5) is 28.0. The molecule has 128 valence electrons. The van der Waals surface area contributed by atoms with E-state index in [0.717, 1.165) is 0 Å². The zero-order valence-electron chi connectivity index (χ0n) is 13.9. The number of aromatic nitrogens is 1. The van der Waals surface area contributed by atoms with Gasteiger partial charge in [-0.1, -0.05) is 0 Å². The lowest BCUT2D eigenvalue weighted by atomic mass is 10.2. The highest BCUT2D eigenvalue weighted by Gasteiger charge is 2.17. The summed E-state index contributed by atoms with van der Waals surface area (Å²) in [7, 11) is 2.91. The van der Waals surface area contributed by atoms with Crippen molar-refractivity contribution >= 4 is 23.2 Å². The molecular weight excluding hydrogens is 314 g/mol. The van der Waals surface area contributed by atoms with E-state index in [0.29, 0.717) is 28.7 Å². The molecule has 0 radical (unpaired) electrons. The summed E-state index contributed by atoms with van der Waals surface area (Å²) >= 11 is 0. The van der Waals surface area contributed by atoms with Crippen LogP contribution in [0.4, 0.5) is 11.4 Å². The van der Waals surface area contributed by atoms with Crippen LogP contribution in [0.1, 0.15) is 22.1 Å². The number of nitrogens with zero attached hydrogens (tertiary/aromatic N) is 1. The molecule has 2 amide bonds. The Morgan fingerprint density at radius 2 is 1.96 bits per heavy atom. The number of carbonyl (C=O) groups is 2. The number of oxazole rings is 1. The first kappa shape index (κ1) is 17.5. The number of rotatable bonds is 6. The summed E-state index contributed by atoms with van der Waals surface area (Å²) in [6.07, 6.45) is 0. The van der Waals surface area contributed by atoms with E-state index in [1.165, 1.54) is 14.2 Å². The molecule has 2 aromatic rings. The molecule has 0 aliphatic rings. The van der Waals surface area contributed by atoms with Crippen LogP contribution in [0.15, 0.2) is 22.6 Å². The van der Waals surface area contributed by atoms with Gasteiger partial charge in [-0.2, -0.15) is 0 Å². The third-order valence-electron chi connectivity index (χ3n) is 3.12. The lowest BCUT2D eigenvalue weighted by Gasteiger charge is -2.12. The van der Waals surface area contributed by atoms with Crippen LogP contribution in [0, 0.1) is 13.8 Å². The molecular formula is C16H19N3O5. The average Bonchev–Trinajstić information content (AvgIpc) is 2.86. The van der Waals surface area contributed by atoms with Crippen LogP contribution in [0.5, 0.6) is 5.75 Å². The SMILES string of the molecule is COCC(=O)Nc1cc(NC(=O)c2oc(C)nc2C)ccc1OC. The molecule has 0 saturated heterocycles. The Labute approximate surface area is 139 Å². The minimum atomic E-state index is -0.424. The minimum Gasteiger partial charge on any atom is -0.495 e. The molecule has 0 spiro atoms. The minimum absolute atomic E-state index is 0.0870. The second-order valence-electron chi connectivity index (χ2n) is 5.00. The first-order valence-electron chi connectivity index (χ1n) is 7.16. The van der Waals surface area contributed by atoms with Crippen LogP contribution in [0.25, 0.3) is 0 Å². The van der Waals surface area contributed by atoms with Gasteiger partial charge in [0.05, 0.1) is 18.5 Å². The quantitative estimate of drug-likeness (QED) is 0.839. The van der Waals surface area contributed by atoms with Gasteiger partial charge in [-0.15, -0.1) is 0 Å². The van der Waals surface area contributed by atoms with Crippen LogP contribution in [-0.4, -0.2) is 37.6 Å². The fourth-order valence-electron chi connectivity index (χ4n) is 2.13. The third-order valence-corrected chi connectivity index (χ3v) is 3.12. The van der Waals surface area contributed by atoms with Gasteiger partial charge in [-0.05, 0) is 25.1 Å². The lowest BCUT2D eigenvalue weighted by Crippen LogP contribution is -2.18. The summed E-state index contributed by atoms with van der Waals surface area (Å²) in [5.41, 5.74) is 1.40. The topological polar surface area (TPSA) is 103 Å². The van der Waals surface area contributed by atoms with Gasteiger partial charge >= 0.3 is 0 Å². The molecule has 0 aliphatic carbocycles. The normalized spacial score (nSPS) is 10.3. The smallest absolute Gasteiger partial charge is 0.293 e. The van der Waals surface area contributed by atoms with E-state index in [2.05, 4.69) is 15.6 Å². The summed E-state index contributed by atoms with van der Waals surface area (Å²) in [5, 5.41) is 5.35. The standard InChI is InChI=1S/C16H19N3O5/c1-9-15(24-10(2)17-9)16(21)18-11-5-6-13(23-4)12(7-11)19-14(20)8-22-3/h5-7H,8H2,1-4H3,(H,18,21)(H,19,20). The highest BCUT2D eigenvalue weighted by Crippen LogP contribution is 2.28. The summed E-state index contributed by atoms with van der Waals surface area (Å²) in [6, 6.07) is 4.88. The number of carbonyl (C=O) groups excluding carboxylic acids is 2. The van der Waals surface area contributed by atoms with Crippen LogP contribution in [0.2, 0.25) is 0 Å². The van der Waals surface area contributed by atoms with E-state index in [9.17, 15) is 9.59 Å². The van der Waals surface area contributed by atoms with Crippen molar-refractivity contribution in [1.82, 2.24) is 4.98 Å². The number of benzene rings is 1. The van der Waals surface area contributed by atoms with Gasteiger partial charge < -0.3 is 24.5 Å². The van der Waals surface area contributed by atoms with Gasteiger partial charge in [0, 0.05) is 19.7 Å². The number of hydrogen-bond acceptors (Lipinski definition) is 6. The molecule has 1 aromatic heterocycles. The van der Waals surface area contributed by atoms with E-state index in [-0.39, 0.29) is 18.3 Å². The van der Waals surface area contributed by atoms with Gasteiger partial charge in [0.2, 0.25) is 11.7 Å². The van der Waals surface area contributed by atoms with Crippen molar-refractivity contribution in [3.05, 3.63) is 35.5 Å². The molecule has 2 N–H and O–H groups in total. The molecule has 0 unspecified atom stereocenters. The van der Waals surface area contributed by atoms with E-state index >= 15 is 0 Å². The van der Waals surface area contributed by atoms with Crippen molar-refractivity contribution in [2.45, 2.75) is 13.8 Å². The van der Waals surface area contributed by atoms with E-state index < -0.39 is 5.91 Å². The number of ether oxygens (including phenoxy) is 2. The Balaban J connectivity index is 2.20. The summed E-state index contributed by atoms with van der Waals surface area (Å²) in [6.45, 7) is 3.27. The second kappa shape index (κ2) is 7.60. The lowest BCUT2D eigenvalue weighted by molar-refractivity contribution is -0.119. The summed E-state index contributed by atoms with van der Waals surface area (Å²) < 4.78 is 15.3. The first-order valence-corrected chi connectivity index (χ1v) is 7.16. The van der Waals surface area contributed by atoms with E-state index in [1.54, 1.807) is 32.0 Å². The molecule has 1 heterocycles. The van der Waals surface area contributed by atoms with E-state index in [1.807, 2.05) is 0 Å². The van der Waals surface area contributed by atoms with Crippen molar-refractivity contribution in [2.24, 2.45) is 0 Å². The van der Waals surface area contributed by atoms with Crippen LogP contribution < -0.4 is 15.4 Å². The number of hydrogen-bond donors (Lipinski definition) is 2. The van der Waals surface area contributed by atoms with Gasteiger partial charge in [-0.3, -0.25) is 9.59 Å². The highest BCUT2D eigenvalue weighted by molar-refractivity contribution is 6.03. The number of nitrogens with one attached hydrogen (secondary N) is 2. The van der Waals surface area contributed by atoms with Crippen molar-refractivity contribution in [3.63, 3.8) is 0 Å². The van der Waals surface area contributed by atoms with Crippen LogP contribution >= 0.6 is 0 Å². The van der Waals surface area contributed by atoms with E-state index in [4.69, 9.17) is 13.9 Å². The Morgan fingerprint density at radius 1 is 1.21 bits per heavy atom. The van der Waals surface area contributed by atoms with Crippen molar-refractivity contribution in [3.8, 4) is 5.75 Å². The monoisotopic (exact) mass is 333 g/mol. The maximum Gasteiger partial charge on any atom is 0.293 e. The number of anilines is 2. The predicted octanol–water partition coefficient (Wildman–Crippen LogP) is 2.14. The number of amides is 2. The molecule has 0 bridgehead atoms. The second-order valence-corrected chi connectivity index (χ2v) is 5.00. The molecule has 2 rings (SSSR count). The van der Waals surface area contributed by atoms with Crippen molar-refractivity contribution in [2.75, 3.05) is 31.5 Å². The molecule has 1 aromatic carbocycles. The maximum atomic E-state index is 12.3. The molecule has 0 saturated carbocycles. The molecule has 0 atom stereocenters. The number of aryl methyl sites for hydroxylation is 2. The third kappa shape index (κ3) is 4.11. The van der Waals surface area contributed by atoms with Crippen LogP contribution in [-0.2, 0) is 9.53 Å². The molecule has 24 heavy (non-hydrogen) atoms. The van der Waals surface area contributed by atoms with Crippen molar-refractivity contribution in [1.29, 1.82) is 0 Å². The Kier molecular flexibility index (Phi) is 5.54. The van der Waals surface area contributed by atoms with Crippen LogP contribution in [0.3, 0.4) is 0 Å². The Morgan fingerprint density at radius 3 is 2.54 bits per heavy atom. The first-order chi connectivity index (χ1) is 11.4. The largest absolute Gasteiger partial charge is 0.495 e. The highest BCUT2D eigenvalue weighted by atomic mass is 16.5. The van der Waals surface area contributed by atoms with Gasteiger partial charge in [0.15, 0.2) is 5.89 Å². The fraction of sp³-hybridized carbons (Fsp3) is 0.312. The zero-order chi connectivity index (χ0) is 17.7. The van der Waals surface area contributed by atoms with Crippen molar-refractivity contribution < 1.29 is 23.5 Å². The van der Waals surface area contributed by atoms with Gasteiger partial charge in [0.25, 0.3) is 5.91 Å². The van der Waals surface area contributed by atoms with Gasteiger partial charge in [-0.25, -0.2) is 4.98 Å². The predicted molar refractivity (Wildman–Crippen MR) is 87.4 cm³/mol. The maximum absolute atomic E-state index is 12.3. The zero-order valence-corrected chi connectivity index (χ0v) is 13.9. The molecule has 8 nitrogen and oxygen atoms in total. The summed E-state index contributed by atoms with van der Waals surface area (Å²) in [5.74, 6) is 0.269. The fourth-order valence-corrected chi connectivity index (χ4v) is 2.13. The average molecular weight is 333 g/mol. The molecule has 8 heteroatoms. The molecule has 0 aliphatic heterocycles. The Bertz CT molecular complexity index is 754. The Hall–Kier alpha value is -2.87.